The van der Waals surface area contributed by atoms with Crippen LogP contribution in [0.15, 0.2) is 12.1 Å². The highest BCUT2D eigenvalue weighted by atomic mass is 19.1. The molecule has 6 heteroatoms. The number of rotatable bonds is 4. The molecule has 4 rings (SSSR count). The van der Waals surface area contributed by atoms with Gasteiger partial charge in [0, 0.05) is 16.9 Å². The number of amides is 1. The molecule has 1 heterocycles. The molecule has 0 bridgehead atoms. The minimum atomic E-state index is -0.737. The molecule has 0 radical (unpaired) electrons. The summed E-state index contributed by atoms with van der Waals surface area (Å²) in [4.78, 5) is 24.5. The van der Waals surface area contributed by atoms with E-state index >= 15 is 0 Å². The Bertz CT molecular complexity index is 739. The van der Waals surface area contributed by atoms with Crippen LogP contribution in [0.3, 0.4) is 0 Å². The van der Waals surface area contributed by atoms with Crippen molar-refractivity contribution in [3.05, 3.63) is 29.1 Å². The maximum atomic E-state index is 14.2. The SMILES string of the molecule is CC(=O)[C@@H](NC(=O)OC1CC1)C1c2cc(F)c(C)cc2OCC12CC2. The number of hydrogen-bond donors (Lipinski definition) is 1. The summed E-state index contributed by atoms with van der Waals surface area (Å²) in [6, 6.07) is 2.39. The van der Waals surface area contributed by atoms with E-state index in [1.165, 1.54) is 13.0 Å². The average molecular weight is 347 g/mol. The summed E-state index contributed by atoms with van der Waals surface area (Å²) in [5.41, 5.74) is 0.959. The minimum absolute atomic E-state index is 0.0374. The molecule has 5 nitrogen and oxygen atoms in total. The Morgan fingerprint density at radius 2 is 2.08 bits per heavy atom. The van der Waals surface area contributed by atoms with Gasteiger partial charge in [0.1, 0.15) is 17.7 Å². The molecule has 0 aromatic heterocycles. The first-order valence-corrected chi connectivity index (χ1v) is 8.80. The average Bonchev–Trinajstić information content (AvgIpc) is 3.46. The van der Waals surface area contributed by atoms with Gasteiger partial charge in [-0.05, 0) is 57.2 Å². The van der Waals surface area contributed by atoms with Gasteiger partial charge < -0.3 is 14.8 Å². The number of nitrogens with one attached hydrogen (secondary N) is 1. The molecule has 2 saturated carbocycles. The van der Waals surface area contributed by atoms with E-state index in [9.17, 15) is 14.0 Å². The first-order valence-electron chi connectivity index (χ1n) is 8.80. The van der Waals surface area contributed by atoms with Crippen LogP contribution in [0.4, 0.5) is 9.18 Å². The normalized spacial score (nSPS) is 24.0. The summed E-state index contributed by atoms with van der Waals surface area (Å²) in [6.45, 7) is 3.62. The molecule has 1 aromatic carbocycles. The number of carbonyl (C=O) groups excluding carboxylic acids is 2. The predicted molar refractivity (Wildman–Crippen MR) is 88.1 cm³/mol. The van der Waals surface area contributed by atoms with Crippen molar-refractivity contribution >= 4 is 11.9 Å². The number of alkyl carbamates (subject to hydrolysis) is 1. The predicted octanol–water partition coefficient (Wildman–Crippen LogP) is 3.24. The lowest BCUT2D eigenvalue weighted by atomic mass is 9.75. The van der Waals surface area contributed by atoms with E-state index in [1.54, 1.807) is 13.0 Å². The molecule has 1 N–H and O–H groups in total. The number of benzene rings is 1. The fraction of sp³-hybridized carbons (Fsp3) is 0.579. The second-order valence-corrected chi connectivity index (χ2v) is 7.61. The quantitative estimate of drug-likeness (QED) is 0.908. The van der Waals surface area contributed by atoms with Crippen molar-refractivity contribution in [2.24, 2.45) is 5.41 Å². The van der Waals surface area contributed by atoms with E-state index in [2.05, 4.69) is 5.32 Å². The van der Waals surface area contributed by atoms with Crippen molar-refractivity contribution in [3.8, 4) is 5.75 Å². The number of fused-ring (bicyclic) bond motifs is 1. The van der Waals surface area contributed by atoms with E-state index in [4.69, 9.17) is 9.47 Å². The zero-order chi connectivity index (χ0) is 17.8. The van der Waals surface area contributed by atoms with Crippen LogP contribution in [0.25, 0.3) is 0 Å². The molecule has 1 aliphatic heterocycles. The molecule has 1 spiro atoms. The monoisotopic (exact) mass is 347 g/mol. The zero-order valence-corrected chi connectivity index (χ0v) is 14.4. The Hall–Kier alpha value is -2.11. The lowest BCUT2D eigenvalue weighted by Crippen LogP contribution is -2.49. The molecule has 1 aromatic rings. The van der Waals surface area contributed by atoms with Gasteiger partial charge in [0.25, 0.3) is 0 Å². The standard InChI is InChI=1S/C19H22FNO4/c1-10-7-15-13(8-14(10)20)16(19(5-6-19)9-24-15)17(11(2)22)21-18(23)25-12-3-4-12/h7-8,12,16-17H,3-6,9H2,1-2H3,(H,21,23)/t16?,17-/m1/s1. The van der Waals surface area contributed by atoms with Crippen molar-refractivity contribution < 1.29 is 23.5 Å². The number of Topliss-reactive ketones (excluding diaryl/α,β-unsaturated/α-hetero) is 1. The highest BCUT2D eigenvalue weighted by molar-refractivity contribution is 5.87. The number of ether oxygens (including phenoxy) is 2. The van der Waals surface area contributed by atoms with Crippen LogP contribution < -0.4 is 10.1 Å². The minimum Gasteiger partial charge on any atom is -0.493 e. The van der Waals surface area contributed by atoms with Crippen molar-refractivity contribution in [1.82, 2.24) is 5.32 Å². The van der Waals surface area contributed by atoms with Gasteiger partial charge in [0.15, 0.2) is 5.78 Å². The number of hydrogen-bond acceptors (Lipinski definition) is 4. The van der Waals surface area contributed by atoms with E-state index in [-0.39, 0.29) is 29.0 Å². The summed E-state index contributed by atoms with van der Waals surface area (Å²) in [7, 11) is 0. The Kier molecular flexibility index (Phi) is 3.74. The van der Waals surface area contributed by atoms with Crippen molar-refractivity contribution in [3.63, 3.8) is 0 Å². The summed E-state index contributed by atoms with van der Waals surface area (Å²) in [5.74, 6) is -0.175. The van der Waals surface area contributed by atoms with Gasteiger partial charge in [-0.1, -0.05) is 0 Å². The molecular weight excluding hydrogens is 325 g/mol. The van der Waals surface area contributed by atoms with Gasteiger partial charge in [-0.2, -0.15) is 0 Å². The first-order chi connectivity index (χ1) is 11.9. The number of ketones is 1. The van der Waals surface area contributed by atoms with E-state index in [0.717, 1.165) is 25.7 Å². The van der Waals surface area contributed by atoms with E-state index in [1.807, 2.05) is 0 Å². The largest absolute Gasteiger partial charge is 0.493 e. The van der Waals surface area contributed by atoms with Crippen LogP contribution in [-0.4, -0.2) is 30.6 Å². The van der Waals surface area contributed by atoms with Crippen molar-refractivity contribution in [2.45, 2.75) is 57.6 Å². The summed E-state index contributed by atoms with van der Waals surface area (Å²) in [6.07, 6.45) is 2.92. The lowest BCUT2D eigenvalue weighted by molar-refractivity contribution is -0.120. The van der Waals surface area contributed by atoms with Gasteiger partial charge in [-0.3, -0.25) is 4.79 Å². The van der Waals surface area contributed by atoms with Crippen LogP contribution in [0.2, 0.25) is 0 Å². The third kappa shape index (κ3) is 2.98. The third-order valence-electron chi connectivity index (χ3n) is 5.54. The van der Waals surface area contributed by atoms with Crippen molar-refractivity contribution in [2.75, 3.05) is 6.61 Å². The van der Waals surface area contributed by atoms with E-state index in [0.29, 0.717) is 23.5 Å². The molecule has 2 aliphatic carbocycles. The Morgan fingerprint density at radius 3 is 2.68 bits per heavy atom. The second-order valence-electron chi connectivity index (χ2n) is 7.61. The van der Waals surface area contributed by atoms with Gasteiger partial charge in [-0.15, -0.1) is 0 Å². The topological polar surface area (TPSA) is 64.6 Å². The summed E-state index contributed by atoms with van der Waals surface area (Å²) in [5, 5.41) is 2.74. The molecule has 2 fully saturated rings. The zero-order valence-electron chi connectivity index (χ0n) is 14.4. The Labute approximate surface area is 145 Å². The maximum absolute atomic E-state index is 14.2. The molecule has 3 aliphatic rings. The highest BCUT2D eigenvalue weighted by Crippen LogP contribution is 2.61. The summed E-state index contributed by atoms with van der Waals surface area (Å²) < 4.78 is 25.3. The first kappa shape index (κ1) is 16.4. The molecule has 134 valence electrons. The number of carbonyl (C=O) groups is 2. The molecule has 25 heavy (non-hydrogen) atoms. The molecule has 1 amide bonds. The van der Waals surface area contributed by atoms with Gasteiger partial charge in [0.05, 0.1) is 12.6 Å². The summed E-state index contributed by atoms with van der Waals surface area (Å²) >= 11 is 0. The number of aryl methyl sites for hydroxylation is 1. The van der Waals surface area contributed by atoms with Crippen LogP contribution in [0.5, 0.6) is 5.75 Å². The molecular formula is C19H22FNO4. The Balaban J connectivity index is 1.68. The second kappa shape index (κ2) is 5.71. The fourth-order valence-corrected chi connectivity index (χ4v) is 3.75. The maximum Gasteiger partial charge on any atom is 0.408 e. The van der Waals surface area contributed by atoms with Crippen LogP contribution in [-0.2, 0) is 9.53 Å². The molecule has 0 saturated heterocycles. The highest BCUT2D eigenvalue weighted by Gasteiger charge is 2.57. The molecule has 1 unspecified atom stereocenters. The van der Waals surface area contributed by atoms with E-state index < -0.39 is 12.1 Å². The molecule has 2 atom stereocenters. The van der Waals surface area contributed by atoms with Gasteiger partial charge >= 0.3 is 6.09 Å². The number of halogens is 1. The Morgan fingerprint density at radius 1 is 1.36 bits per heavy atom. The lowest BCUT2D eigenvalue weighted by Gasteiger charge is -2.38. The van der Waals surface area contributed by atoms with Gasteiger partial charge in [0.2, 0.25) is 0 Å². The van der Waals surface area contributed by atoms with Crippen molar-refractivity contribution in [1.29, 1.82) is 0 Å². The fourth-order valence-electron chi connectivity index (χ4n) is 3.75. The van der Waals surface area contributed by atoms with Crippen LogP contribution >= 0.6 is 0 Å². The third-order valence-corrected chi connectivity index (χ3v) is 5.54. The smallest absolute Gasteiger partial charge is 0.408 e. The van der Waals surface area contributed by atoms with Crippen LogP contribution in [0, 0.1) is 18.2 Å². The van der Waals surface area contributed by atoms with Gasteiger partial charge in [-0.25, -0.2) is 9.18 Å². The van der Waals surface area contributed by atoms with Crippen LogP contribution in [0.1, 0.15) is 49.7 Å².